The Balaban J connectivity index is 1.96. The quantitative estimate of drug-likeness (QED) is 0.720. The average Bonchev–Trinajstić information content (AvgIpc) is 2.57. The van der Waals surface area contributed by atoms with Crippen LogP contribution in [-0.4, -0.2) is 31.5 Å². The van der Waals surface area contributed by atoms with Crippen LogP contribution in [0.2, 0.25) is 0 Å². The molecule has 0 bridgehead atoms. The van der Waals surface area contributed by atoms with Gasteiger partial charge in [0, 0.05) is 12.1 Å². The molecule has 0 aliphatic heterocycles. The van der Waals surface area contributed by atoms with Crippen molar-refractivity contribution in [2.24, 2.45) is 0 Å². The first-order chi connectivity index (χ1) is 7.41. The summed E-state index contributed by atoms with van der Waals surface area (Å²) in [6.45, 7) is 1.94. The highest BCUT2D eigenvalue weighted by Crippen LogP contribution is 2.28. The van der Waals surface area contributed by atoms with Crippen LogP contribution in [0.5, 0.6) is 0 Å². The molecular weight excluding hydrogens is 219 g/mol. The van der Waals surface area contributed by atoms with Gasteiger partial charge in [0.15, 0.2) is 0 Å². The molecule has 1 aliphatic rings. The zero-order valence-electron chi connectivity index (χ0n) is 9.70. The van der Waals surface area contributed by atoms with E-state index < -0.39 is 12.8 Å². The molecule has 0 spiro atoms. The van der Waals surface area contributed by atoms with Gasteiger partial charge in [0.2, 0.25) is 0 Å². The van der Waals surface area contributed by atoms with Gasteiger partial charge < -0.3 is 10.1 Å². The van der Waals surface area contributed by atoms with E-state index in [2.05, 4.69) is 17.0 Å². The fourth-order valence-electron chi connectivity index (χ4n) is 2.08. The Hall–Kier alpha value is -0.290. The van der Waals surface area contributed by atoms with Crippen LogP contribution in [-0.2, 0) is 4.74 Å². The lowest BCUT2D eigenvalue weighted by molar-refractivity contribution is -0.174. The van der Waals surface area contributed by atoms with Crippen molar-refractivity contribution in [3.8, 4) is 0 Å². The third-order valence-corrected chi connectivity index (χ3v) is 2.99. The van der Waals surface area contributed by atoms with E-state index in [1.54, 1.807) is 0 Å². The minimum absolute atomic E-state index is 0.169. The molecule has 0 amide bonds. The SMILES string of the molecule is CC1(NCCCOCC(F)(F)F)CCCC1. The van der Waals surface area contributed by atoms with Crippen molar-refractivity contribution in [3.63, 3.8) is 0 Å². The van der Waals surface area contributed by atoms with Crippen LogP contribution in [0.4, 0.5) is 13.2 Å². The normalized spacial score (nSPS) is 20.2. The van der Waals surface area contributed by atoms with Gasteiger partial charge in [-0.2, -0.15) is 13.2 Å². The van der Waals surface area contributed by atoms with Crippen LogP contribution in [0.15, 0.2) is 0 Å². The van der Waals surface area contributed by atoms with Gasteiger partial charge in [-0.1, -0.05) is 12.8 Å². The molecule has 5 heteroatoms. The summed E-state index contributed by atoms with van der Waals surface area (Å²) in [7, 11) is 0. The molecule has 1 N–H and O–H groups in total. The molecule has 2 nitrogen and oxygen atoms in total. The standard InChI is InChI=1S/C11H20F3NO/c1-10(5-2-3-6-10)15-7-4-8-16-9-11(12,13)14/h15H,2-9H2,1H3. The first-order valence-electron chi connectivity index (χ1n) is 5.81. The third kappa shape index (κ3) is 5.70. The van der Waals surface area contributed by atoms with Crippen molar-refractivity contribution in [2.75, 3.05) is 19.8 Å². The van der Waals surface area contributed by atoms with Crippen LogP contribution >= 0.6 is 0 Å². The largest absolute Gasteiger partial charge is 0.411 e. The molecule has 1 rings (SSSR count). The first-order valence-corrected chi connectivity index (χ1v) is 5.81. The highest BCUT2D eigenvalue weighted by Gasteiger charge is 2.28. The summed E-state index contributed by atoms with van der Waals surface area (Å²) >= 11 is 0. The van der Waals surface area contributed by atoms with Crippen molar-refractivity contribution in [1.82, 2.24) is 5.32 Å². The van der Waals surface area contributed by atoms with Gasteiger partial charge in [-0.05, 0) is 32.7 Å². The summed E-state index contributed by atoms with van der Waals surface area (Å²) in [4.78, 5) is 0. The molecule has 0 atom stereocenters. The molecule has 0 aromatic rings. The highest BCUT2D eigenvalue weighted by molar-refractivity contribution is 4.87. The third-order valence-electron chi connectivity index (χ3n) is 2.99. The van der Waals surface area contributed by atoms with E-state index in [0.29, 0.717) is 6.42 Å². The molecule has 1 aliphatic carbocycles. The molecule has 0 radical (unpaired) electrons. The summed E-state index contributed by atoms with van der Waals surface area (Å²) in [6, 6.07) is 0. The van der Waals surface area contributed by atoms with Crippen molar-refractivity contribution in [3.05, 3.63) is 0 Å². The number of rotatable bonds is 6. The number of nitrogens with one attached hydrogen (secondary N) is 1. The second kappa shape index (κ2) is 5.87. The number of hydrogen-bond donors (Lipinski definition) is 1. The predicted molar refractivity (Wildman–Crippen MR) is 56.4 cm³/mol. The Morgan fingerprint density at radius 1 is 1.25 bits per heavy atom. The van der Waals surface area contributed by atoms with E-state index in [4.69, 9.17) is 0 Å². The zero-order valence-corrected chi connectivity index (χ0v) is 9.70. The van der Waals surface area contributed by atoms with E-state index in [9.17, 15) is 13.2 Å². The lowest BCUT2D eigenvalue weighted by Gasteiger charge is -2.25. The maximum absolute atomic E-state index is 11.7. The van der Waals surface area contributed by atoms with Gasteiger partial charge >= 0.3 is 6.18 Å². The molecule has 16 heavy (non-hydrogen) atoms. The number of alkyl halides is 3. The second-order valence-electron chi connectivity index (χ2n) is 4.72. The minimum atomic E-state index is -4.20. The monoisotopic (exact) mass is 239 g/mol. The summed E-state index contributed by atoms with van der Waals surface area (Å²) in [5.74, 6) is 0. The van der Waals surface area contributed by atoms with Gasteiger partial charge in [0.1, 0.15) is 6.61 Å². The van der Waals surface area contributed by atoms with Crippen LogP contribution in [0, 0.1) is 0 Å². The van der Waals surface area contributed by atoms with E-state index in [-0.39, 0.29) is 12.1 Å². The Morgan fingerprint density at radius 3 is 2.44 bits per heavy atom. The van der Waals surface area contributed by atoms with Gasteiger partial charge in [0.25, 0.3) is 0 Å². The summed E-state index contributed by atoms with van der Waals surface area (Å²) in [5.41, 5.74) is 0.198. The average molecular weight is 239 g/mol. The molecule has 96 valence electrons. The minimum Gasteiger partial charge on any atom is -0.372 e. The van der Waals surface area contributed by atoms with Crippen molar-refractivity contribution >= 4 is 0 Å². The Morgan fingerprint density at radius 2 is 1.88 bits per heavy atom. The van der Waals surface area contributed by atoms with Gasteiger partial charge in [-0.25, -0.2) is 0 Å². The van der Waals surface area contributed by atoms with E-state index >= 15 is 0 Å². The number of hydrogen-bond acceptors (Lipinski definition) is 2. The number of halogens is 3. The van der Waals surface area contributed by atoms with Gasteiger partial charge in [-0.15, -0.1) is 0 Å². The van der Waals surface area contributed by atoms with Crippen LogP contribution in [0.3, 0.4) is 0 Å². The van der Waals surface area contributed by atoms with E-state index in [0.717, 1.165) is 19.4 Å². The predicted octanol–water partition coefficient (Wildman–Crippen LogP) is 2.88. The van der Waals surface area contributed by atoms with Crippen molar-refractivity contribution < 1.29 is 17.9 Å². The topological polar surface area (TPSA) is 21.3 Å². The summed E-state index contributed by atoms with van der Waals surface area (Å²) < 4.78 is 39.7. The van der Waals surface area contributed by atoms with Crippen LogP contribution in [0.1, 0.15) is 39.0 Å². The number of ether oxygens (including phenoxy) is 1. The maximum atomic E-state index is 11.7. The second-order valence-corrected chi connectivity index (χ2v) is 4.72. The lowest BCUT2D eigenvalue weighted by Crippen LogP contribution is -2.40. The Bertz CT molecular complexity index is 200. The lowest BCUT2D eigenvalue weighted by atomic mass is 10.0. The molecule has 0 unspecified atom stereocenters. The molecule has 0 saturated heterocycles. The van der Waals surface area contributed by atoms with Crippen LogP contribution in [0.25, 0.3) is 0 Å². The Labute approximate surface area is 94.5 Å². The van der Waals surface area contributed by atoms with Crippen LogP contribution < -0.4 is 5.32 Å². The zero-order chi connectivity index (χ0) is 12.1. The molecule has 1 fully saturated rings. The molecule has 0 aromatic carbocycles. The van der Waals surface area contributed by atoms with E-state index in [1.807, 2.05) is 0 Å². The fraction of sp³-hybridized carbons (Fsp3) is 1.00. The summed E-state index contributed by atoms with van der Waals surface area (Å²) in [6.07, 6.45) is 1.24. The molecule has 0 aromatic heterocycles. The first kappa shape index (κ1) is 13.8. The van der Waals surface area contributed by atoms with E-state index in [1.165, 1.54) is 12.8 Å². The highest BCUT2D eigenvalue weighted by atomic mass is 19.4. The molecule has 1 saturated carbocycles. The van der Waals surface area contributed by atoms with Crippen molar-refractivity contribution in [2.45, 2.75) is 50.7 Å². The maximum Gasteiger partial charge on any atom is 0.411 e. The smallest absolute Gasteiger partial charge is 0.372 e. The molecular formula is C11H20F3NO. The van der Waals surface area contributed by atoms with Gasteiger partial charge in [-0.3, -0.25) is 0 Å². The fourth-order valence-corrected chi connectivity index (χ4v) is 2.08. The van der Waals surface area contributed by atoms with Crippen molar-refractivity contribution in [1.29, 1.82) is 0 Å². The summed E-state index contributed by atoms with van der Waals surface area (Å²) in [5, 5.41) is 3.39. The van der Waals surface area contributed by atoms with Gasteiger partial charge in [0.05, 0.1) is 0 Å². The molecule has 0 heterocycles. The Kier molecular flexibility index (Phi) is 5.05.